The maximum absolute atomic E-state index is 14.6. The third kappa shape index (κ3) is 6.31. The summed E-state index contributed by atoms with van der Waals surface area (Å²) >= 11 is 0. The Morgan fingerprint density at radius 1 is 1.11 bits per heavy atom. The second kappa shape index (κ2) is 10.9. The molecule has 1 aliphatic carbocycles. The summed E-state index contributed by atoms with van der Waals surface area (Å²) in [7, 11) is 3.73. The minimum atomic E-state index is -2.88. The van der Waals surface area contributed by atoms with Crippen molar-refractivity contribution in [2.75, 3.05) is 20.6 Å². The molecule has 0 unspecified atom stereocenters. The van der Waals surface area contributed by atoms with Gasteiger partial charge in [0.2, 0.25) is 5.91 Å². The van der Waals surface area contributed by atoms with Crippen LogP contribution < -0.4 is 5.32 Å². The number of amides is 1. The second-order valence-corrected chi connectivity index (χ2v) is 9.93. The molecule has 190 valence electrons. The average molecular weight is 489 g/mol. The largest absolute Gasteiger partial charge is 0.355 e. The smallest absolute Gasteiger partial charge is 0.251 e. The third-order valence-corrected chi connectivity index (χ3v) is 7.31. The molecule has 2 aromatic rings. The number of hydrogen-bond donors (Lipinski definition) is 1. The fourth-order valence-electron chi connectivity index (χ4n) is 4.85. The van der Waals surface area contributed by atoms with Gasteiger partial charge in [-0.25, -0.2) is 13.2 Å². The Balaban J connectivity index is 1.68. The van der Waals surface area contributed by atoms with Crippen LogP contribution in [0, 0.1) is 11.2 Å². The molecule has 0 spiro atoms. The molecule has 1 N–H and O–H groups in total. The van der Waals surface area contributed by atoms with E-state index in [1.54, 1.807) is 13.0 Å². The van der Waals surface area contributed by atoms with Gasteiger partial charge in [0.25, 0.3) is 5.92 Å². The van der Waals surface area contributed by atoms with Crippen molar-refractivity contribution in [2.45, 2.75) is 63.8 Å². The molecule has 4 nitrogen and oxygen atoms in total. The molecular weight excluding hydrogens is 453 g/mol. The quantitative estimate of drug-likeness (QED) is 0.395. The van der Waals surface area contributed by atoms with Crippen LogP contribution in [0.2, 0.25) is 0 Å². The van der Waals surface area contributed by atoms with Crippen molar-refractivity contribution in [3.05, 3.63) is 71.0 Å². The van der Waals surface area contributed by atoms with Gasteiger partial charge < -0.3 is 10.2 Å². The number of rotatable bonds is 12. The maximum Gasteiger partial charge on any atom is 0.251 e. The molecule has 3 rings (SSSR count). The van der Waals surface area contributed by atoms with Gasteiger partial charge in [0.15, 0.2) is 5.78 Å². The van der Waals surface area contributed by atoms with Crippen molar-refractivity contribution in [2.24, 2.45) is 5.41 Å². The number of alkyl halides is 2. The molecule has 1 fully saturated rings. The first-order valence-electron chi connectivity index (χ1n) is 12.2. The van der Waals surface area contributed by atoms with Crippen molar-refractivity contribution in [3.63, 3.8) is 0 Å². The van der Waals surface area contributed by atoms with Gasteiger partial charge in [0.05, 0.1) is 5.56 Å². The molecule has 35 heavy (non-hydrogen) atoms. The Bertz CT molecular complexity index is 1030. The Kier molecular flexibility index (Phi) is 8.42. The van der Waals surface area contributed by atoms with Crippen LogP contribution in [0.25, 0.3) is 0 Å². The first-order valence-corrected chi connectivity index (χ1v) is 12.2. The van der Waals surface area contributed by atoms with E-state index < -0.39 is 23.1 Å². The van der Waals surface area contributed by atoms with Crippen molar-refractivity contribution in [1.29, 1.82) is 0 Å². The summed E-state index contributed by atoms with van der Waals surface area (Å²) in [6, 6.07) is 13.6. The van der Waals surface area contributed by atoms with Crippen molar-refractivity contribution >= 4 is 11.7 Å². The summed E-state index contributed by atoms with van der Waals surface area (Å²) in [4.78, 5) is 26.7. The topological polar surface area (TPSA) is 49.4 Å². The van der Waals surface area contributed by atoms with Crippen LogP contribution in [-0.2, 0) is 11.2 Å². The summed E-state index contributed by atoms with van der Waals surface area (Å²) in [5.74, 6) is -4.52. The molecule has 0 heterocycles. The zero-order valence-corrected chi connectivity index (χ0v) is 20.9. The highest BCUT2D eigenvalue weighted by atomic mass is 19.3. The van der Waals surface area contributed by atoms with Gasteiger partial charge >= 0.3 is 0 Å². The standard InChI is InChI=1S/C28H35F3N2O2/c1-5-25(34)22-12-11-19(16-24(22)29)15-21(33(3)4)18-32-26(35)17-23(20-9-7-6-8-10-20)28(13-14-28)27(2,30)31/h6-12,16,21,23H,5,13-15,17-18H2,1-4H3,(H,32,35)/t21-,23-/m0/s1. The van der Waals surface area contributed by atoms with Gasteiger partial charge in [-0.2, -0.15) is 0 Å². The monoisotopic (exact) mass is 488 g/mol. The zero-order chi connectivity index (χ0) is 25.8. The molecule has 2 aromatic carbocycles. The number of nitrogens with one attached hydrogen (secondary N) is 1. The lowest BCUT2D eigenvalue weighted by Gasteiger charge is -2.32. The zero-order valence-electron chi connectivity index (χ0n) is 20.9. The molecule has 2 atom stereocenters. The van der Waals surface area contributed by atoms with Gasteiger partial charge in [-0.3, -0.25) is 9.59 Å². The molecular formula is C28H35F3N2O2. The molecule has 7 heteroatoms. The number of hydrogen-bond acceptors (Lipinski definition) is 3. The van der Waals surface area contributed by atoms with Crippen LogP contribution in [0.3, 0.4) is 0 Å². The Hall–Kier alpha value is -2.67. The number of carbonyl (C=O) groups excluding carboxylic acids is 2. The van der Waals surface area contributed by atoms with E-state index in [-0.39, 0.29) is 36.1 Å². The summed E-state index contributed by atoms with van der Waals surface area (Å²) < 4.78 is 43.5. The minimum Gasteiger partial charge on any atom is -0.355 e. The number of ketones is 1. The van der Waals surface area contributed by atoms with E-state index in [2.05, 4.69) is 5.32 Å². The lowest BCUT2D eigenvalue weighted by molar-refractivity contribution is -0.123. The fourth-order valence-corrected chi connectivity index (χ4v) is 4.85. The first-order chi connectivity index (χ1) is 16.5. The molecule has 0 radical (unpaired) electrons. The van der Waals surface area contributed by atoms with Gasteiger partial charge in [0.1, 0.15) is 5.82 Å². The van der Waals surface area contributed by atoms with Crippen LogP contribution in [0.4, 0.5) is 13.2 Å². The fraction of sp³-hybridized carbons (Fsp3) is 0.500. The minimum absolute atomic E-state index is 0.0178. The second-order valence-electron chi connectivity index (χ2n) is 9.93. The molecule has 0 bridgehead atoms. The molecule has 0 aromatic heterocycles. The first kappa shape index (κ1) is 26.9. The Labute approximate surface area is 205 Å². The molecule has 1 aliphatic rings. The summed E-state index contributed by atoms with van der Waals surface area (Å²) in [5, 5.41) is 2.92. The van der Waals surface area contributed by atoms with Gasteiger partial charge in [-0.05, 0) is 63.5 Å². The third-order valence-electron chi connectivity index (χ3n) is 7.31. The van der Waals surface area contributed by atoms with Crippen LogP contribution >= 0.6 is 0 Å². The van der Waals surface area contributed by atoms with Crippen molar-refractivity contribution < 1.29 is 22.8 Å². The average Bonchev–Trinajstić information content (AvgIpc) is 3.62. The summed E-state index contributed by atoms with van der Waals surface area (Å²) in [6.07, 6.45) is 1.47. The predicted octanol–water partition coefficient (Wildman–Crippen LogP) is 5.62. The SMILES string of the molecule is CCC(=O)c1ccc(C[C@@H](CNC(=O)C[C@@H](c2ccccc2)C2(C(C)(F)F)CC2)N(C)C)cc1F. The number of Topliss-reactive ketones (excluding diaryl/α,β-unsaturated/α-hetero) is 1. The highest BCUT2D eigenvalue weighted by Crippen LogP contribution is 2.65. The maximum atomic E-state index is 14.6. The number of halogens is 3. The highest BCUT2D eigenvalue weighted by Gasteiger charge is 2.63. The van der Waals surface area contributed by atoms with Gasteiger partial charge in [-0.15, -0.1) is 0 Å². The van der Waals surface area contributed by atoms with E-state index >= 15 is 0 Å². The lowest BCUT2D eigenvalue weighted by atomic mass is 9.77. The molecule has 0 aliphatic heterocycles. The van der Waals surface area contributed by atoms with E-state index in [1.807, 2.05) is 49.3 Å². The van der Waals surface area contributed by atoms with Crippen molar-refractivity contribution in [1.82, 2.24) is 10.2 Å². The number of benzene rings is 2. The van der Waals surface area contributed by atoms with Gasteiger partial charge in [0, 0.05) is 36.8 Å². The molecule has 1 saturated carbocycles. The van der Waals surface area contributed by atoms with E-state index in [0.717, 1.165) is 12.5 Å². The lowest BCUT2D eigenvalue weighted by Crippen LogP contribution is -2.43. The highest BCUT2D eigenvalue weighted by molar-refractivity contribution is 5.96. The Morgan fingerprint density at radius 2 is 1.77 bits per heavy atom. The van der Waals surface area contributed by atoms with Gasteiger partial charge in [-0.1, -0.05) is 43.3 Å². The Morgan fingerprint density at radius 3 is 2.29 bits per heavy atom. The van der Waals surface area contributed by atoms with Crippen LogP contribution in [-0.4, -0.2) is 49.2 Å². The van der Waals surface area contributed by atoms with E-state index in [4.69, 9.17) is 0 Å². The number of nitrogens with zero attached hydrogens (tertiary/aromatic N) is 1. The molecule has 0 saturated heterocycles. The normalized spacial score (nSPS) is 16.6. The van der Waals surface area contributed by atoms with E-state index in [9.17, 15) is 22.8 Å². The van der Waals surface area contributed by atoms with E-state index in [1.165, 1.54) is 12.1 Å². The summed E-state index contributed by atoms with van der Waals surface area (Å²) in [5.41, 5.74) is 0.359. The van der Waals surface area contributed by atoms with E-state index in [0.29, 0.717) is 31.4 Å². The number of carbonyl (C=O) groups is 2. The van der Waals surface area contributed by atoms with Crippen LogP contribution in [0.5, 0.6) is 0 Å². The van der Waals surface area contributed by atoms with Crippen LogP contribution in [0.1, 0.15) is 66.9 Å². The number of likely N-dealkylation sites (N-methyl/N-ethyl adjacent to an activating group) is 1. The molecule has 1 amide bonds. The van der Waals surface area contributed by atoms with Crippen LogP contribution in [0.15, 0.2) is 48.5 Å². The predicted molar refractivity (Wildman–Crippen MR) is 131 cm³/mol. The summed E-state index contributed by atoms with van der Waals surface area (Å²) in [6.45, 7) is 2.93. The van der Waals surface area contributed by atoms with Crippen molar-refractivity contribution in [3.8, 4) is 0 Å².